The third-order valence-corrected chi connectivity index (χ3v) is 5.48. The molecule has 0 aromatic heterocycles. The van der Waals surface area contributed by atoms with Crippen LogP contribution >= 0.6 is 0 Å². The quantitative estimate of drug-likeness (QED) is 0.172. The van der Waals surface area contributed by atoms with Gasteiger partial charge in [0.05, 0.1) is 32.5 Å². The van der Waals surface area contributed by atoms with Crippen LogP contribution in [0.1, 0.15) is 95.9 Å². The second-order valence-electron chi connectivity index (χ2n) is 15.1. The SMILES string of the molecule is CC(C)(C)OC(=O)CCN(CCN(CCN(CCC(=O)O)CC(=O)OC(C)(C)C)CC(=O)OC(C)(C)C)CC(=O)OC(C)(C)C. The first kappa shape index (κ1) is 42.2. The number of ether oxygens (including phenoxy) is 4. The molecule has 0 rings (SSSR count). The molecule has 0 fully saturated rings. The molecule has 1 N–H and O–H groups in total. The summed E-state index contributed by atoms with van der Waals surface area (Å²) in [5, 5.41) is 9.24. The first-order valence-electron chi connectivity index (χ1n) is 15.5. The van der Waals surface area contributed by atoms with Gasteiger partial charge in [0.15, 0.2) is 0 Å². The highest BCUT2D eigenvalue weighted by Gasteiger charge is 2.25. The molecular formula is C32H59N3O10. The topological polar surface area (TPSA) is 152 Å². The van der Waals surface area contributed by atoms with Crippen LogP contribution in [0, 0.1) is 0 Å². The van der Waals surface area contributed by atoms with Crippen LogP contribution in [0.2, 0.25) is 0 Å². The molecule has 0 saturated heterocycles. The molecule has 45 heavy (non-hydrogen) atoms. The van der Waals surface area contributed by atoms with Crippen molar-refractivity contribution in [2.45, 2.75) is 118 Å². The van der Waals surface area contributed by atoms with Crippen LogP contribution in [0.4, 0.5) is 0 Å². The standard InChI is InChI=1S/C32H59N3O10/c1-29(2,3)42-25(38)14-16-34(22-27(40)44-31(7,8)9)18-20-35(23-28(41)45-32(10,11)12)19-17-33(15-13-24(36)37)21-26(39)43-30(4,5)6/h13-23H2,1-12H3,(H,36,37). The summed E-state index contributed by atoms with van der Waals surface area (Å²) in [7, 11) is 0. The van der Waals surface area contributed by atoms with Crippen molar-refractivity contribution in [1.82, 2.24) is 14.7 Å². The Kier molecular flexibility index (Phi) is 17.3. The van der Waals surface area contributed by atoms with E-state index in [0.717, 1.165) is 0 Å². The fourth-order valence-corrected chi connectivity index (χ4v) is 3.94. The van der Waals surface area contributed by atoms with Crippen molar-refractivity contribution in [2.24, 2.45) is 0 Å². The minimum atomic E-state index is -1.00. The molecule has 13 nitrogen and oxygen atoms in total. The molecule has 0 saturated carbocycles. The Morgan fingerprint density at radius 2 is 0.667 bits per heavy atom. The molecule has 0 radical (unpaired) electrons. The van der Waals surface area contributed by atoms with Gasteiger partial charge in [0.25, 0.3) is 0 Å². The molecule has 0 aromatic carbocycles. The van der Waals surface area contributed by atoms with Crippen LogP contribution in [-0.2, 0) is 42.9 Å². The fourth-order valence-electron chi connectivity index (χ4n) is 3.94. The third-order valence-electron chi connectivity index (χ3n) is 5.48. The summed E-state index contributed by atoms with van der Waals surface area (Å²) in [6.45, 7) is 22.4. The Labute approximate surface area is 269 Å². The van der Waals surface area contributed by atoms with E-state index in [0.29, 0.717) is 13.1 Å². The van der Waals surface area contributed by atoms with Gasteiger partial charge in [-0.25, -0.2) is 0 Å². The van der Waals surface area contributed by atoms with Crippen LogP contribution in [0.15, 0.2) is 0 Å². The lowest BCUT2D eigenvalue weighted by Gasteiger charge is -2.31. The molecule has 0 heterocycles. The summed E-state index contributed by atoms with van der Waals surface area (Å²) in [4.78, 5) is 67.0. The van der Waals surface area contributed by atoms with Gasteiger partial charge in [-0.3, -0.25) is 38.7 Å². The van der Waals surface area contributed by atoms with Crippen molar-refractivity contribution < 1.29 is 48.0 Å². The number of aliphatic carboxylic acids is 1. The van der Waals surface area contributed by atoms with E-state index in [1.165, 1.54) is 0 Å². The van der Waals surface area contributed by atoms with Crippen molar-refractivity contribution in [3.8, 4) is 0 Å². The summed E-state index contributed by atoms with van der Waals surface area (Å²) in [5.41, 5.74) is -2.74. The highest BCUT2D eigenvalue weighted by atomic mass is 16.6. The van der Waals surface area contributed by atoms with Gasteiger partial charge < -0.3 is 24.1 Å². The Bertz CT molecular complexity index is 972. The molecule has 0 bridgehead atoms. The predicted molar refractivity (Wildman–Crippen MR) is 170 cm³/mol. The van der Waals surface area contributed by atoms with Gasteiger partial charge in [0.2, 0.25) is 0 Å². The maximum Gasteiger partial charge on any atom is 0.320 e. The average molecular weight is 646 g/mol. The summed E-state index contributed by atoms with van der Waals surface area (Å²) in [6, 6.07) is 0. The van der Waals surface area contributed by atoms with Crippen molar-refractivity contribution in [2.75, 3.05) is 58.9 Å². The maximum atomic E-state index is 12.8. The van der Waals surface area contributed by atoms with Gasteiger partial charge in [-0.1, -0.05) is 0 Å². The number of carbonyl (C=O) groups is 5. The van der Waals surface area contributed by atoms with E-state index in [4.69, 9.17) is 18.9 Å². The molecule has 0 unspecified atom stereocenters. The van der Waals surface area contributed by atoms with Gasteiger partial charge in [0, 0.05) is 39.3 Å². The Morgan fingerprint density at radius 3 is 0.933 bits per heavy atom. The zero-order chi connectivity index (χ0) is 35.2. The zero-order valence-corrected chi connectivity index (χ0v) is 29.7. The van der Waals surface area contributed by atoms with E-state index in [-0.39, 0.29) is 58.7 Å². The first-order chi connectivity index (χ1) is 20.2. The normalized spacial score (nSPS) is 12.8. The number of hydrogen-bond donors (Lipinski definition) is 1. The Morgan fingerprint density at radius 1 is 0.422 bits per heavy atom. The second-order valence-corrected chi connectivity index (χ2v) is 15.1. The van der Waals surface area contributed by atoms with Gasteiger partial charge in [-0.05, 0) is 83.1 Å². The highest BCUT2D eigenvalue weighted by molar-refractivity contribution is 5.73. The number of nitrogens with zero attached hydrogens (tertiary/aromatic N) is 3. The monoisotopic (exact) mass is 645 g/mol. The second kappa shape index (κ2) is 18.4. The van der Waals surface area contributed by atoms with Gasteiger partial charge >= 0.3 is 29.8 Å². The molecule has 0 aliphatic heterocycles. The highest BCUT2D eigenvalue weighted by Crippen LogP contribution is 2.12. The molecule has 0 atom stereocenters. The summed E-state index contributed by atoms with van der Waals surface area (Å²) < 4.78 is 21.9. The predicted octanol–water partition coefficient (Wildman–Crippen LogP) is 3.12. The molecule has 0 spiro atoms. The first-order valence-corrected chi connectivity index (χ1v) is 15.5. The van der Waals surface area contributed by atoms with E-state index in [9.17, 15) is 29.1 Å². The van der Waals surface area contributed by atoms with E-state index >= 15 is 0 Å². The average Bonchev–Trinajstić information content (AvgIpc) is 2.77. The lowest BCUT2D eigenvalue weighted by atomic mass is 10.2. The molecular weight excluding hydrogens is 586 g/mol. The van der Waals surface area contributed by atoms with E-state index in [2.05, 4.69) is 0 Å². The van der Waals surface area contributed by atoms with Gasteiger partial charge in [0.1, 0.15) is 22.4 Å². The number of carbonyl (C=O) groups excluding carboxylic acids is 4. The van der Waals surface area contributed by atoms with Crippen LogP contribution in [0.5, 0.6) is 0 Å². The number of carboxylic acid groups (broad SMARTS) is 1. The van der Waals surface area contributed by atoms with Crippen molar-refractivity contribution in [3.05, 3.63) is 0 Å². The Balaban J connectivity index is 5.84. The summed E-state index contributed by atoms with van der Waals surface area (Å²) in [5.74, 6) is -2.81. The molecule has 0 amide bonds. The summed E-state index contributed by atoms with van der Waals surface area (Å²) >= 11 is 0. The molecule has 262 valence electrons. The van der Waals surface area contributed by atoms with Crippen LogP contribution < -0.4 is 0 Å². The zero-order valence-electron chi connectivity index (χ0n) is 29.7. The van der Waals surface area contributed by atoms with E-state index in [1.807, 2.05) is 4.90 Å². The third kappa shape index (κ3) is 26.2. The number of carboxylic acids is 1. The molecule has 13 heteroatoms. The van der Waals surface area contributed by atoms with Gasteiger partial charge in [-0.15, -0.1) is 0 Å². The number of hydrogen-bond acceptors (Lipinski definition) is 12. The lowest BCUT2D eigenvalue weighted by Crippen LogP contribution is -2.46. The Hall–Kier alpha value is -2.77. The van der Waals surface area contributed by atoms with Crippen molar-refractivity contribution in [1.29, 1.82) is 0 Å². The lowest BCUT2D eigenvalue weighted by molar-refractivity contribution is -0.159. The van der Waals surface area contributed by atoms with Crippen LogP contribution in [0.25, 0.3) is 0 Å². The van der Waals surface area contributed by atoms with Gasteiger partial charge in [-0.2, -0.15) is 0 Å². The minimum absolute atomic E-state index is 0.0466. The fraction of sp³-hybridized carbons (Fsp3) is 0.844. The minimum Gasteiger partial charge on any atom is -0.481 e. The molecule has 0 aliphatic rings. The maximum absolute atomic E-state index is 12.8. The largest absolute Gasteiger partial charge is 0.481 e. The number of rotatable bonds is 18. The van der Waals surface area contributed by atoms with E-state index in [1.54, 1.807) is 92.9 Å². The van der Waals surface area contributed by atoms with E-state index < -0.39 is 52.3 Å². The van der Waals surface area contributed by atoms with Crippen LogP contribution in [-0.4, -0.2) is 131 Å². The summed E-state index contributed by atoms with van der Waals surface area (Å²) in [6.07, 6.45) is -0.131. The number of esters is 4. The molecule has 0 aliphatic carbocycles. The van der Waals surface area contributed by atoms with Crippen LogP contribution in [0.3, 0.4) is 0 Å². The smallest absolute Gasteiger partial charge is 0.320 e. The van der Waals surface area contributed by atoms with Crippen molar-refractivity contribution in [3.63, 3.8) is 0 Å². The molecule has 0 aromatic rings. The van der Waals surface area contributed by atoms with Crippen molar-refractivity contribution >= 4 is 29.8 Å².